The van der Waals surface area contributed by atoms with Crippen molar-refractivity contribution in [2.75, 3.05) is 7.11 Å². The maximum absolute atomic E-state index is 12.1. The predicted molar refractivity (Wildman–Crippen MR) is 82.9 cm³/mol. The number of esters is 1. The Kier molecular flexibility index (Phi) is 5.03. The van der Waals surface area contributed by atoms with E-state index >= 15 is 0 Å². The van der Waals surface area contributed by atoms with Gasteiger partial charge in [-0.1, -0.05) is 35.9 Å². The van der Waals surface area contributed by atoms with Gasteiger partial charge in [0.15, 0.2) is 0 Å². The summed E-state index contributed by atoms with van der Waals surface area (Å²) in [5.74, 6) is -1.09. The molecule has 2 aromatic rings. The first-order valence-corrected chi connectivity index (χ1v) is 6.69. The molecule has 1 amide bonds. The van der Waals surface area contributed by atoms with Crippen LogP contribution in [-0.4, -0.2) is 24.0 Å². The zero-order valence-electron chi connectivity index (χ0n) is 12.4. The van der Waals surface area contributed by atoms with Crippen molar-refractivity contribution in [2.45, 2.75) is 6.92 Å². The van der Waals surface area contributed by atoms with E-state index in [2.05, 4.69) is 10.3 Å². The third-order valence-electron chi connectivity index (χ3n) is 2.94. The zero-order valence-corrected chi connectivity index (χ0v) is 12.4. The molecule has 1 heterocycles. The number of aromatic nitrogens is 1. The second kappa shape index (κ2) is 7.17. The SMILES string of the molecule is COC(=O)/C(=C/c1ccc(C)cc1)NC(=O)c1ccccn1. The summed E-state index contributed by atoms with van der Waals surface area (Å²) >= 11 is 0. The number of nitrogens with zero attached hydrogens (tertiary/aromatic N) is 1. The van der Waals surface area contributed by atoms with Crippen LogP contribution in [0.5, 0.6) is 0 Å². The first kappa shape index (κ1) is 15.4. The molecule has 0 unspecified atom stereocenters. The molecule has 22 heavy (non-hydrogen) atoms. The van der Waals surface area contributed by atoms with Crippen LogP contribution in [0.1, 0.15) is 21.6 Å². The highest BCUT2D eigenvalue weighted by atomic mass is 16.5. The molecular weight excluding hydrogens is 280 g/mol. The smallest absolute Gasteiger partial charge is 0.354 e. The largest absolute Gasteiger partial charge is 0.464 e. The van der Waals surface area contributed by atoms with Gasteiger partial charge in [0.2, 0.25) is 0 Å². The van der Waals surface area contributed by atoms with Crippen LogP contribution in [0.3, 0.4) is 0 Å². The molecule has 0 aliphatic carbocycles. The summed E-state index contributed by atoms with van der Waals surface area (Å²) in [5, 5.41) is 2.53. The number of ether oxygens (including phenoxy) is 1. The fraction of sp³-hybridized carbons (Fsp3) is 0.118. The lowest BCUT2D eigenvalue weighted by molar-refractivity contribution is -0.136. The number of rotatable bonds is 4. The number of pyridine rings is 1. The van der Waals surface area contributed by atoms with Crippen LogP contribution in [0.15, 0.2) is 54.4 Å². The molecule has 0 atom stereocenters. The summed E-state index contributed by atoms with van der Waals surface area (Å²) < 4.78 is 4.70. The Bertz CT molecular complexity index is 692. The van der Waals surface area contributed by atoms with Crippen LogP contribution in [0.25, 0.3) is 6.08 Å². The van der Waals surface area contributed by atoms with Gasteiger partial charge >= 0.3 is 5.97 Å². The number of aryl methyl sites for hydroxylation is 1. The number of amides is 1. The van der Waals surface area contributed by atoms with Gasteiger partial charge in [0.25, 0.3) is 5.91 Å². The number of nitrogens with one attached hydrogen (secondary N) is 1. The molecule has 0 aliphatic rings. The molecule has 5 heteroatoms. The van der Waals surface area contributed by atoms with Gasteiger partial charge in [0.05, 0.1) is 7.11 Å². The van der Waals surface area contributed by atoms with Gasteiger partial charge in [-0.05, 0) is 30.7 Å². The highest BCUT2D eigenvalue weighted by molar-refractivity contribution is 6.02. The van der Waals surface area contributed by atoms with Gasteiger partial charge in [-0.15, -0.1) is 0 Å². The fourth-order valence-electron chi connectivity index (χ4n) is 1.77. The molecular formula is C17H16N2O3. The van der Waals surface area contributed by atoms with E-state index in [0.717, 1.165) is 11.1 Å². The van der Waals surface area contributed by atoms with Crippen molar-refractivity contribution in [1.82, 2.24) is 10.3 Å². The second-order valence-electron chi connectivity index (χ2n) is 4.63. The van der Waals surface area contributed by atoms with E-state index in [9.17, 15) is 9.59 Å². The van der Waals surface area contributed by atoms with Crippen molar-refractivity contribution in [3.63, 3.8) is 0 Å². The molecule has 0 bridgehead atoms. The van der Waals surface area contributed by atoms with Crippen LogP contribution in [0.4, 0.5) is 0 Å². The Morgan fingerprint density at radius 2 is 1.86 bits per heavy atom. The number of carbonyl (C=O) groups is 2. The number of methoxy groups -OCH3 is 1. The summed E-state index contributed by atoms with van der Waals surface area (Å²) in [6.07, 6.45) is 3.07. The highest BCUT2D eigenvalue weighted by Crippen LogP contribution is 2.09. The van der Waals surface area contributed by atoms with Gasteiger partial charge in [-0.25, -0.2) is 4.79 Å². The Morgan fingerprint density at radius 3 is 2.45 bits per heavy atom. The molecule has 1 N–H and O–H groups in total. The van der Waals surface area contributed by atoms with E-state index in [0.29, 0.717) is 0 Å². The van der Waals surface area contributed by atoms with Crippen LogP contribution in [0, 0.1) is 6.92 Å². The van der Waals surface area contributed by atoms with Gasteiger partial charge in [0, 0.05) is 6.20 Å². The molecule has 5 nitrogen and oxygen atoms in total. The first-order valence-electron chi connectivity index (χ1n) is 6.69. The number of carbonyl (C=O) groups excluding carboxylic acids is 2. The third-order valence-corrected chi connectivity index (χ3v) is 2.94. The van der Waals surface area contributed by atoms with Crippen molar-refractivity contribution in [3.8, 4) is 0 Å². The Balaban J connectivity index is 2.25. The van der Waals surface area contributed by atoms with E-state index < -0.39 is 11.9 Å². The number of benzene rings is 1. The minimum atomic E-state index is -0.621. The van der Waals surface area contributed by atoms with Crippen LogP contribution < -0.4 is 5.32 Å². The molecule has 1 aromatic heterocycles. The summed E-state index contributed by atoms with van der Waals surface area (Å²) in [6, 6.07) is 12.5. The van der Waals surface area contributed by atoms with Crippen molar-refractivity contribution >= 4 is 18.0 Å². The van der Waals surface area contributed by atoms with Crippen LogP contribution in [0.2, 0.25) is 0 Å². The molecule has 0 aliphatic heterocycles. The number of hydrogen-bond donors (Lipinski definition) is 1. The molecule has 0 saturated carbocycles. The van der Waals surface area contributed by atoms with E-state index in [-0.39, 0.29) is 11.4 Å². The van der Waals surface area contributed by atoms with Crippen molar-refractivity contribution in [3.05, 3.63) is 71.2 Å². The maximum atomic E-state index is 12.1. The summed E-state index contributed by atoms with van der Waals surface area (Å²) in [7, 11) is 1.26. The van der Waals surface area contributed by atoms with Crippen molar-refractivity contribution < 1.29 is 14.3 Å². The summed E-state index contributed by atoms with van der Waals surface area (Å²) in [5.41, 5.74) is 2.17. The first-order chi connectivity index (χ1) is 10.6. The Hall–Kier alpha value is -2.95. The zero-order chi connectivity index (χ0) is 15.9. The minimum Gasteiger partial charge on any atom is -0.464 e. The minimum absolute atomic E-state index is 0.0574. The normalized spacial score (nSPS) is 10.9. The Morgan fingerprint density at radius 1 is 1.14 bits per heavy atom. The molecule has 2 rings (SSSR count). The number of hydrogen-bond acceptors (Lipinski definition) is 4. The summed E-state index contributed by atoms with van der Waals surface area (Å²) in [4.78, 5) is 27.9. The monoisotopic (exact) mass is 296 g/mol. The lowest BCUT2D eigenvalue weighted by Gasteiger charge is -2.08. The summed E-state index contributed by atoms with van der Waals surface area (Å²) in [6.45, 7) is 1.97. The highest BCUT2D eigenvalue weighted by Gasteiger charge is 2.15. The lowest BCUT2D eigenvalue weighted by atomic mass is 10.1. The van der Waals surface area contributed by atoms with Crippen molar-refractivity contribution in [2.24, 2.45) is 0 Å². The van der Waals surface area contributed by atoms with Gasteiger partial charge in [0.1, 0.15) is 11.4 Å². The standard InChI is InChI=1S/C17H16N2O3/c1-12-6-8-13(9-7-12)11-15(17(21)22-2)19-16(20)14-5-3-4-10-18-14/h3-11H,1-2H3,(H,19,20)/b15-11-. The lowest BCUT2D eigenvalue weighted by Crippen LogP contribution is -2.28. The van der Waals surface area contributed by atoms with E-state index in [1.165, 1.54) is 13.3 Å². The molecule has 0 spiro atoms. The molecule has 0 saturated heterocycles. The van der Waals surface area contributed by atoms with Gasteiger partial charge in [-0.3, -0.25) is 9.78 Å². The molecule has 0 fully saturated rings. The van der Waals surface area contributed by atoms with E-state index in [1.807, 2.05) is 31.2 Å². The fourth-order valence-corrected chi connectivity index (χ4v) is 1.77. The van der Waals surface area contributed by atoms with Crippen LogP contribution >= 0.6 is 0 Å². The van der Waals surface area contributed by atoms with Crippen molar-refractivity contribution in [1.29, 1.82) is 0 Å². The predicted octanol–water partition coefficient (Wildman–Crippen LogP) is 2.33. The second-order valence-corrected chi connectivity index (χ2v) is 4.63. The maximum Gasteiger partial charge on any atom is 0.354 e. The quantitative estimate of drug-likeness (QED) is 0.694. The van der Waals surface area contributed by atoms with E-state index in [4.69, 9.17) is 4.74 Å². The van der Waals surface area contributed by atoms with Crippen LogP contribution in [-0.2, 0) is 9.53 Å². The molecule has 112 valence electrons. The molecule has 1 aromatic carbocycles. The molecule has 0 radical (unpaired) electrons. The van der Waals surface area contributed by atoms with E-state index in [1.54, 1.807) is 24.3 Å². The average molecular weight is 296 g/mol. The average Bonchev–Trinajstić information content (AvgIpc) is 2.56. The third kappa shape index (κ3) is 4.02. The topological polar surface area (TPSA) is 68.3 Å². The van der Waals surface area contributed by atoms with Gasteiger partial charge < -0.3 is 10.1 Å². The van der Waals surface area contributed by atoms with Gasteiger partial charge in [-0.2, -0.15) is 0 Å². The Labute approximate surface area is 128 Å².